The number of morpholine rings is 1. The summed E-state index contributed by atoms with van der Waals surface area (Å²) in [4.78, 5) is 23.4. The summed E-state index contributed by atoms with van der Waals surface area (Å²) < 4.78 is 29.4. The summed E-state index contributed by atoms with van der Waals surface area (Å²) in [6.07, 6.45) is 2.07. The molecule has 1 fully saturated rings. The molecule has 0 unspecified atom stereocenters. The summed E-state index contributed by atoms with van der Waals surface area (Å²) in [5.41, 5.74) is 1.80. The third kappa shape index (κ3) is 5.80. The quantitative estimate of drug-likeness (QED) is 0.632. The van der Waals surface area contributed by atoms with E-state index in [1.165, 1.54) is 6.26 Å². The summed E-state index contributed by atoms with van der Waals surface area (Å²) in [6.45, 7) is 9.76. The van der Waals surface area contributed by atoms with Crippen molar-refractivity contribution in [1.82, 2.24) is 15.3 Å². The van der Waals surface area contributed by atoms with Crippen LogP contribution in [0.25, 0.3) is 11.4 Å². The summed E-state index contributed by atoms with van der Waals surface area (Å²) in [6, 6.07) is 8.78. The molecule has 0 spiro atoms. The van der Waals surface area contributed by atoms with Gasteiger partial charge in [0, 0.05) is 36.7 Å². The Balaban J connectivity index is 1.99. The Labute approximate surface area is 195 Å². The van der Waals surface area contributed by atoms with Gasteiger partial charge in [-0.3, -0.25) is 0 Å². The third-order valence-electron chi connectivity index (χ3n) is 5.85. The zero-order chi connectivity index (χ0) is 24.2. The van der Waals surface area contributed by atoms with Gasteiger partial charge in [-0.25, -0.2) is 23.2 Å². The first kappa shape index (κ1) is 24.9. The minimum atomic E-state index is -3.43. The van der Waals surface area contributed by atoms with Gasteiger partial charge in [0.25, 0.3) is 0 Å². The summed E-state index contributed by atoms with van der Waals surface area (Å²) in [5, 5.41) is 5.55. The minimum Gasteiger partial charge on any atom is -0.377 e. The van der Waals surface area contributed by atoms with Gasteiger partial charge in [0.2, 0.25) is 0 Å². The van der Waals surface area contributed by atoms with Crippen LogP contribution in [-0.2, 0) is 19.3 Å². The number of amides is 2. The van der Waals surface area contributed by atoms with E-state index in [-0.39, 0.29) is 12.1 Å². The van der Waals surface area contributed by atoms with E-state index in [1.807, 2.05) is 26.0 Å². The number of ether oxygens (including phenoxy) is 1. The van der Waals surface area contributed by atoms with E-state index in [2.05, 4.69) is 20.5 Å². The maximum Gasteiger partial charge on any atom is 0.319 e. The molecule has 1 saturated heterocycles. The Morgan fingerprint density at radius 3 is 2.55 bits per heavy atom. The van der Waals surface area contributed by atoms with Crippen molar-refractivity contribution in [2.45, 2.75) is 44.9 Å². The number of nitrogens with one attached hydrogen (secondary N) is 2. The number of benzene rings is 1. The Morgan fingerprint density at radius 1 is 1.24 bits per heavy atom. The van der Waals surface area contributed by atoms with Crippen molar-refractivity contribution >= 4 is 27.4 Å². The molecule has 1 aliphatic heterocycles. The molecule has 0 bridgehead atoms. The topological polar surface area (TPSA) is 114 Å². The highest BCUT2D eigenvalue weighted by molar-refractivity contribution is 7.91. The molecule has 180 valence electrons. The molecule has 9 nitrogen and oxygen atoms in total. The Kier molecular flexibility index (Phi) is 7.58. The Hall–Kier alpha value is -2.72. The van der Waals surface area contributed by atoms with Crippen molar-refractivity contribution in [3.05, 3.63) is 36.0 Å². The van der Waals surface area contributed by atoms with Crippen LogP contribution in [-0.4, -0.2) is 63.0 Å². The Bertz CT molecular complexity index is 1090. The first-order chi connectivity index (χ1) is 15.5. The first-order valence-electron chi connectivity index (χ1n) is 11.1. The fourth-order valence-corrected chi connectivity index (χ4v) is 3.88. The molecule has 10 heteroatoms. The number of carbonyl (C=O) groups is 1. The van der Waals surface area contributed by atoms with Crippen LogP contribution in [0.15, 0.2) is 30.3 Å². The van der Waals surface area contributed by atoms with Crippen molar-refractivity contribution < 1.29 is 17.9 Å². The molecular weight excluding hydrogens is 442 g/mol. The average molecular weight is 476 g/mol. The van der Waals surface area contributed by atoms with Crippen LogP contribution >= 0.6 is 0 Å². The molecule has 33 heavy (non-hydrogen) atoms. The van der Waals surface area contributed by atoms with Gasteiger partial charge in [0.15, 0.2) is 15.7 Å². The maximum atomic E-state index is 12.5. The SMILES string of the molecule is CCCNC(=O)Nc1ccc(-c2nc(N3CCOC[C@@H]3C)cc(C(C)(C)S(C)(=O)=O)n2)cc1. The number of rotatable bonds is 7. The zero-order valence-electron chi connectivity index (χ0n) is 19.9. The van der Waals surface area contributed by atoms with E-state index in [1.54, 1.807) is 32.0 Å². The van der Waals surface area contributed by atoms with E-state index >= 15 is 0 Å². The fourth-order valence-electron chi connectivity index (χ4n) is 3.39. The van der Waals surface area contributed by atoms with Crippen LogP contribution < -0.4 is 15.5 Å². The molecule has 3 rings (SSSR count). The summed E-state index contributed by atoms with van der Waals surface area (Å²) in [5.74, 6) is 1.10. The number of urea groups is 1. The molecule has 1 aromatic carbocycles. The van der Waals surface area contributed by atoms with Crippen LogP contribution in [0.3, 0.4) is 0 Å². The Morgan fingerprint density at radius 2 is 1.94 bits per heavy atom. The van der Waals surface area contributed by atoms with Gasteiger partial charge in [-0.2, -0.15) is 0 Å². The predicted molar refractivity (Wildman–Crippen MR) is 130 cm³/mol. The summed E-state index contributed by atoms with van der Waals surface area (Å²) in [7, 11) is -3.43. The fraction of sp³-hybridized carbons (Fsp3) is 0.522. The number of hydrogen-bond acceptors (Lipinski definition) is 7. The van der Waals surface area contributed by atoms with Crippen LogP contribution in [0.5, 0.6) is 0 Å². The van der Waals surface area contributed by atoms with E-state index in [0.29, 0.717) is 49.3 Å². The molecule has 2 amide bonds. The molecule has 1 aromatic heterocycles. The second-order valence-electron chi connectivity index (χ2n) is 8.79. The molecule has 1 atom stereocenters. The lowest BCUT2D eigenvalue weighted by atomic mass is 10.1. The highest BCUT2D eigenvalue weighted by atomic mass is 32.2. The van der Waals surface area contributed by atoms with Gasteiger partial charge in [0.1, 0.15) is 10.6 Å². The molecule has 0 aliphatic carbocycles. The van der Waals surface area contributed by atoms with Gasteiger partial charge in [-0.05, 0) is 51.5 Å². The second-order valence-corrected chi connectivity index (χ2v) is 11.4. The summed E-state index contributed by atoms with van der Waals surface area (Å²) >= 11 is 0. The normalized spacial score (nSPS) is 17.0. The number of anilines is 2. The van der Waals surface area contributed by atoms with Crippen molar-refractivity contribution in [2.24, 2.45) is 0 Å². The minimum absolute atomic E-state index is 0.101. The second kappa shape index (κ2) is 10.0. The number of carbonyl (C=O) groups excluding carboxylic acids is 1. The first-order valence-corrected chi connectivity index (χ1v) is 13.0. The predicted octanol–water partition coefficient (Wildman–Crippen LogP) is 3.18. The van der Waals surface area contributed by atoms with E-state index in [9.17, 15) is 13.2 Å². The van der Waals surface area contributed by atoms with Crippen molar-refractivity contribution in [2.75, 3.05) is 42.8 Å². The monoisotopic (exact) mass is 475 g/mol. The van der Waals surface area contributed by atoms with E-state index in [0.717, 1.165) is 12.0 Å². The van der Waals surface area contributed by atoms with Gasteiger partial charge < -0.3 is 20.3 Å². The molecule has 1 aliphatic rings. The number of hydrogen-bond donors (Lipinski definition) is 2. The van der Waals surface area contributed by atoms with Crippen molar-refractivity contribution in [3.63, 3.8) is 0 Å². The molecule has 2 N–H and O–H groups in total. The third-order valence-corrected chi connectivity index (χ3v) is 7.92. The number of sulfone groups is 1. The lowest BCUT2D eigenvalue weighted by molar-refractivity contribution is 0.0985. The van der Waals surface area contributed by atoms with Crippen molar-refractivity contribution in [3.8, 4) is 11.4 Å². The number of nitrogens with zero attached hydrogens (tertiary/aromatic N) is 3. The zero-order valence-corrected chi connectivity index (χ0v) is 20.7. The molecule has 2 heterocycles. The smallest absolute Gasteiger partial charge is 0.319 e. The highest BCUT2D eigenvalue weighted by Gasteiger charge is 2.35. The van der Waals surface area contributed by atoms with E-state index in [4.69, 9.17) is 9.72 Å². The van der Waals surface area contributed by atoms with Gasteiger partial charge >= 0.3 is 6.03 Å². The van der Waals surface area contributed by atoms with Gasteiger partial charge in [-0.1, -0.05) is 6.92 Å². The number of aromatic nitrogens is 2. The molecular formula is C23H33N5O4S. The maximum absolute atomic E-state index is 12.5. The molecule has 0 saturated carbocycles. The lowest BCUT2D eigenvalue weighted by Crippen LogP contribution is -2.44. The molecule has 0 radical (unpaired) electrons. The van der Waals surface area contributed by atoms with Crippen LogP contribution in [0.2, 0.25) is 0 Å². The van der Waals surface area contributed by atoms with Crippen LogP contribution in [0.1, 0.15) is 39.8 Å². The highest BCUT2D eigenvalue weighted by Crippen LogP contribution is 2.32. The lowest BCUT2D eigenvalue weighted by Gasteiger charge is -2.35. The average Bonchev–Trinajstić information content (AvgIpc) is 2.77. The van der Waals surface area contributed by atoms with Crippen molar-refractivity contribution in [1.29, 1.82) is 0 Å². The standard InChI is InChI=1S/C23H33N5O4S/c1-6-11-24-22(29)25-18-9-7-17(8-10-18)21-26-19(23(3,4)33(5,30)31)14-20(27-21)28-12-13-32-15-16(28)2/h7-10,14,16H,6,11-13,15H2,1-5H3,(H2,24,25,29)/t16-/m0/s1. The largest absolute Gasteiger partial charge is 0.377 e. The van der Waals surface area contributed by atoms with E-state index < -0.39 is 14.6 Å². The molecule has 2 aromatic rings. The van der Waals surface area contributed by atoms with Crippen LogP contribution in [0.4, 0.5) is 16.3 Å². The van der Waals surface area contributed by atoms with Gasteiger partial charge in [-0.15, -0.1) is 0 Å². The van der Waals surface area contributed by atoms with Crippen LogP contribution in [0, 0.1) is 0 Å². The van der Waals surface area contributed by atoms with Gasteiger partial charge in [0.05, 0.1) is 24.9 Å².